The molecular weight excluding hydrogens is 242 g/mol. The summed E-state index contributed by atoms with van der Waals surface area (Å²) in [4.78, 5) is 10.9. The van der Waals surface area contributed by atoms with Crippen molar-refractivity contribution in [3.8, 4) is 5.75 Å². The van der Waals surface area contributed by atoms with Gasteiger partial charge >= 0.3 is 5.97 Å². The van der Waals surface area contributed by atoms with Crippen molar-refractivity contribution in [2.24, 2.45) is 5.92 Å². The Morgan fingerprint density at radius 2 is 2.29 bits per heavy atom. The van der Waals surface area contributed by atoms with Crippen molar-refractivity contribution < 1.29 is 14.6 Å². The zero-order valence-corrected chi connectivity index (χ0v) is 10.2. The smallest absolute Gasteiger partial charge is 0.308 e. The molecule has 0 heterocycles. The van der Waals surface area contributed by atoms with Crippen molar-refractivity contribution in [3.63, 3.8) is 0 Å². The molecular formula is C12H14ClNO3. The minimum Gasteiger partial charge on any atom is -0.497 e. The summed E-state index contributed by atoms with van der Waals surface area (Å²) in [7, 11) is 1.58. The fraction of sp³-hybridized carbons (Fsp3) is 0.417. The Bertz CT molecular complexity index is 436. The number of nitrogens with one attached hydrogen (secondary N) is 1. The van der Waals surface area contributed by atoms with Gasteiger partial charge in [0.25, 0.3) is 0 Å². The van der Waals surface area contributed by atoms with E-state index in [2.05, 4.69) is 5.32 Å². The Morgan fingerprint density at radius 1 is 1.53 bits per heavy atom. The number of hydrogen-bond donors (Lipinski definition) is 2. The van der Waals surface area contributed by atoms with Crippen molar-refractivity contribution in [1.29, 1.82) is 0 Å². The largest absolute Gasteiger partial charge is 0.497 e. The SMILES string of the molecule is COc1ccc(Cl)c(NC2CCC2C(=O)O)c1. The molecule has 4 nitrogen and oxygen atoms in total. The second kappa shape index (κ2) is 4.84. The Morgan fingerprint density at radius 3 is 2.82 bits per heavy atom. The monoisotopic (exact) mass is 255 g/mol. The normalized spacial score (nSPS) is 22.7. The lowest BCUT2D eigenvalue weighted by Crippen LogP contribution is -2.43. The van der Waals surface area contributed by atoms with Gasteiger partial charge in [0, 0.05) is 12.1 Å². The zero-order chi connectivity index (χ0) is 12.4. The lowest BCUT2D eigenvalue weighted by Gasteiger charge is -2.35. The average molecular weight is 256 g/mol. The van der Waals surface area contributed by atoms with Crippen LogP contribution in [0.25, 0.3) is 0 Å². The summed E-state index contributed by atoms with van der Waals surface area (Å²) < 4.78 is 5.10. The second-order valence-electron chi connectivity index (χ2n) is 4.12. The maximum Gasteiger partial charge on any atom is 0.308 e. The molecule has 0 radical (unpaired) electrons. The van der Waals surface area contributed by atoms with Gasteiger partial charge in [-0.2, -0.15) is 0 Å². The maximum atomic E-state index is 10.9. The first-order chi connectivity index (χ1) is 8.11. The quantitative estimate of drug-likeness (QED) is 0.868. The number of rotatable bonds is 4. The predicted octanol–water partition coefficient (Wildman–Crippen LogP) is 2.62. The maximum absolute atomic E-state index is 10.9. The Hall–Kier alpha value is -1.42. The van der Waals surface area contributed by atoms with Crippen molar-refractivity contribution in [2.75, 3.05) is 12.4 Å². The number of methoxy groups -OCH3 is 1. The highest BCUT2D eigenvalue weighted by Gasteiger charge is 2.36. The van der Waals surface area contributed by atoms with E-state index in [1.165, 1.54) is 0 Å². The van der Waals surface area contributed by atoms with Crippen molar-refractivity contribution in [2.45, 2.75) is 18.9 Å². The number of anilines is 1. The van der Waals surface area contributed by atoms with Gasteiger partial charge in [0.1, 0.15) is 5.75 Å². The van der Waals surface area contributed by atoms with Crippen LogP contribution in [0.15, 0.2) is 18.2 Å². The molecule has 1 fully saturated rings. The number of hydrogen-bond acceptors (Lipinski definition) is 3. The van der Waals surface area contributed by atoms with Gasteiger partial charge < -0.3 is 15.2 Å². The number of benzene rings is 1. The fourth-order valence-electron chi connectivity index (χ4n) is 1.91. The van der Waals surface area contributed by atoms with Crippen LogP contribution in [-0.2, 0) is 4.79 Å². The molecule has 1 aliphatic rings. The van der Waals surface area contributed by atoms with Crippen LogP contribution in [0.4, 0.5) is 5.69 Å². The Labute approximate surface area is 105 Å². The minimum absolute atomic E-state index is 0.0443. The summed E-state index contributed by atoms with van der Waals surface area (Å²) in [5.74, 6) is -0.381. The van der Waals surface area contributed by atoms with Crippen LogP contribution in [0.2, 0.25) is 5.02 Å². The summed E-state index contributed by atoms with van der Waals surface area (Å²) in [5.41, 5.74) is 0.724. The van der Waals surface area contributed by atoms with Gasteiger partial charge in [0.05, 0.1) is 23.7 Å². The van der Waals surface area contributed by atoms with Crippen molar-refractivity contribution >= 4 is 23.3 Å². The molecule has 1 aromatic rings. The number of carbonyl (C=O) groups is 1. The summed E-state index contributed by atoms with van der Waals surface area (Å²) in [5, 5.41) is 12.7. The van der Waals surface area contributed by atoms with E-state index in [1.807, 2.05) is 0 Å². The van der Waals surface area contributed by atoms with E-state index in [0.29, 0.717) is 17.2 Å². The molecule has 17 heavy (non-hydrogen) atoms. The van der Waals surface area contributed by atoms with Crippen LogP contribution in [0, 0.1) is 5.92 Å². The topological polar surface area (TPSA) is 58.6 Å². The van der Waals surface area contributed by atoms with Crippen LogP contribution in [0.1, 0.15) is 12.8 Å². The van der Waals surface area contributed by atoms with Gasteiger partial charge in [-0.3, -0.25) is 4.79 Å². The van der Waals surface area contributed by atoms with E-state index in [1.54, 1.807) is 25.3 Å². The molecule has 0 spiro atoms. The van der Waals surface area contributed by atoms with Gasteiger partial charge in [-0.15, -0.1) is 0 Å². The number of carboxylic acid groups (broad SMARTS) is 1. The zero-order valence-electron chi connectivity index (χ0n) is 9.44. The van der Waals surface area contributed by atoms with Gasteiger partial charge in [0.15, 0.2) is 0 Å². The summed E-state index contributed by atoms with van der Waals surface area (Å²) >= 11 is 6.04. The van der Waals surface area contributed by atoms with E-state index in [4.69, 9.17) is 21.4 Å². The molecule has 5 heteroatoms. The molecule has 2 rings (SSSR count). The van der Waals surface area contributed by atoms with E-state index < -0.39 is 5.97 Å². The molecule has 2 unspecified atom stereocenters. The molecule has 0 amide bonds. The lowest BCUT2D eigenvalue weighted by atomic mass is 9.79. The third-order valence-corrected chi connectivity index (χ3v) is 3.44. The number of carboxylic acids is 1. The number of aliphatic carboxylic acids is 1. The first-order valence-corrected chi connectivity index (χ1v) is 5.82. The highest BCUT2D eigenvalue weighted by Crippen LogP contribution is 2.34. The molecule has 2 N–H and O–H groups in total. The average Bonchev–Trinajstić information content (AvgIpc) is 2.25. The minimum atomic E-state index is -0.757. The van der Waals surface area contributed by atoms with E-state index in [-0.39, 0.29) is 12.0 Å². The van der Waals surface area contributed by atoms with Gasteiger partial charge in [-0.1, -0.05) is 11.6 Å². The van der Waals surface area contributed by atoms with Crippen LogP contribution in [0.5, 0.6) is 5.75 Å². The summed E-state index contributed by atoms with van der Waals surface area (Å²) in [6.07, 6.45) is 1.57. The molecule has 0 bridgehead atoms. The molecule has 1 saturated carbocycles. The van der Waals surface area contributed by atoms with E-state index >= 15 is 0 Å². The lowest BCUT2D eigenvalue weighted by molar-refractivity contribution is -0.144. The number of halogens is 1. The summed E-state index contributed by atoms with van der Waals surface area (Å²) in [6.45, 7) is 0. The fourth-order valence-corrected chi connectivity index (χ4v) is 2.08. The van der Waals surface area contributed by atoms with Crippen molar-refractivity contribution in [1.82, 2.24) is 0 Å². The first kappa shape index (κ1) is 12.0. The van der Waals surface area contributed by atoms with Crippen molar-refractivity contribution in [3.05, 3.63) is 23.2 Å². The predicted molar refractivity (Wildman–Crippen MR) is 65.8 cm³/mol. The summed E-state index contributed by atoms with van der Waals surface area (Å²) in [6, 6.07) is 5.23. The molecule has 1 aliphatic carbocycles. The Balaban J connectivity index is 2.10. The standard InChI is InChI=1S/C12H14ClNO3/c1-17-7-2-4-9(13)11(6-7)14-10-5-3-8(10)12(15)16/h2,4,6,8,10,14H,3,5H2,1H3,(H,15,16). The van der Waals surface area contributed by atoms with Crippen LogP contribution in [-0.4, -0.2) is 24.2 Å². The first-order valence-electron chi connectivity index (χ1n) is 5.44. The van der Waals surface area contributed by atoms with E-state index in [9.17, 15) is 4.79 Å². The third-order valence-electron chi connectivity index (χ3n) is 3.11. The molecule has 0 aromatic heterocycles. The highest BCUT2D eigenvalue weighted by atomic mass is 35.5. The van der Waals surface area contributed by atoms with Crippen LogP contribution >= 0.6 is 11.6 Å². The molecule has 0 saturated heterocycles. The van der Waals surface area contributed by atoms with Crippen LogP contribution < -0.4 is 10.1 Å². The highest BCUT2D eigenvalue weighted by molar-refractivity contribution is 6.33. The second-order valence-corrected chi connectivity index (χ2v) is 4.53. The molecule has 1 aromatic carbocycles. The van der Waals surface area contributed by atoms with Gasteiger partial charge in [-0.25, -0.2) is 0 Å². The Kier molecular flexibility index (Phi) is 3.43. The van der Waals surface area contributed by atoms with E-state index in [0.717, 1.165) is 12.1 Å². The molecule has 0 aliphatic heterocycles. The number of ether oxygens (including phenoxy) is 1. The van der Waals surface area contributed by atoms with Crippen LogP contribution in [0.3, 0.4) is 0 Å². The van der Waals surface area contributed by atoms with Gasteiger partial charge in [-0.05, 0) is 25.0 Å². The molecule has 2 atom stereocenters. The molecule has 92 valence electrons. The third kappa shape index (κ3) is 2.47. The van der Waals surface area contributed by atoms with Gasteiger partial charge in [0.2, 0.25) is 0 Å².